The Labute approximate surface area is 189 Å². The molecule has 0 aliphatic rings. The summed E-state index contributed by atoms with van der Waals surface area (Å²) in [4.78, 5) is 17.4. The van der Waals surface area contributed by atoms with Crippen molar-refractivity contribution in [1.82, 2.24) is 25.6 Å². The molecule has 0 spiro atoms. The first kappa shape index (κ1) is 25.3. The van der Waals surface area contributed by atoms with Crippen LogP contribution in [-0.2, 0) is 19.0 Å². The number of alkyl halides is 3. The van der Waals surface area contributed by atoms with Gasteiger partial charge in [-0.3, -0.25) is 4.99 Å². The van der Waals surface area contributed by atoms with Gasteiger partial charge in [0.05, 0.1) is 5.01 Å². The Morgan fingerprint density at radius 2 is 1.97 bits per heavy atom. The molecule has 2 aromatic heterocycles. The number of aryl methyl sites for hydroxylation is 1. The van der Waals surface area contributed by atoms with Gasteiger partial charge in [-0.1, -0.05) is 6.92 Å². The number of halogens is 4. The number of guanidine groups is 1. The highest BCUT2D eigenvalue weighted by Gasteiger charge is 2.32. The molecule has 3 N–H and O–H groups in total. The molecule has 162 valence electrons. The van der Waals surface area contributed by atoms with E-state index in [0.29, 0.717) is 32.1 Å². The van der Waals surface area contributed by atoms with Gasteiger partial charge in [0.15, 0.2) is 5.96 Å². The number of nitrogens with one attached hydrogen (secondary N) is 3. The van der Waals surface area contributed by atoms with Crippen LogP contribution in [0.3, 0.4) is 0 Å². The van der Waals surface area contributed by atoms with Crippen molar-refractivity contribution < 1.29 is 13.2 Å². The summed E-state index contributed by atoms with van der Waals surface area (Å²) < 4.78 is 38.0. The number of nitrogens with zero attached hydrogens (tertiary/aromatic N) is 4. The minimum Gasteiger partial charge on any atom is -0.357 e. The first-order valence-electron chi connectivity index (χ1n) is 9.02. The quantitative estimate of drug-likeness (QED) is 0.195. The third-order valence-electron chi connectivity index (χ3n) is 3.54. The normalized spacial score (nSPS) is 11.7. The van der Waals surface area contributed by atoms with Crippen molar-refractivity contribution in [2.24, 2.45) is 4.99 Å². The van der Waals surface area contributed by atoms with E-state index in [-0.39, 0.29) is 29.9 Å². The third kappa shape index (κ3) is 9.10. The summed E-state index contributed by atoms with van der Waals surface area (Å²) in [5.41, 5.74) is -0.971. The van der Waals surface area contributed by atoms with E-state index in [1.807, 2.05) is 13.1 Å². The summed E-state index contributed by atoms with van der Waals surface area (Å²) >= 11 is 1.69. The maximum atomic E-state index is 12.7. The summed E-state index contributed by atoms with van der Waals surface area (Å²) in [6.07, 6.45) is 0.234. The van der Waals surface area contributed by atoms with Crippen molar-refractivity contribution in [3.63, 3.8) is 0 Å². The molecule has 0 atom stereocenters. The Morgan fingerprint density at radius 1 is 1.17 bits per heavy atom. The highest BCUT2D eigenvalue weighted by molar-refractivity contribution is 14.0. The maximum absolute atomic E-state index is 12.7. The zero-order valence-corrected chi connectivity index (χ0v) is 19.4. The minimum atomic E-state index is -4.49. The Morgan fingerprint density at radius 3 is 2.62 bits per heavy atom. The van der Waals surface area contributed by atoms with Gasteiger partial charge in [0.25, 0.3) is 0 Å². The zero-order valence-electron chi connectivity index (χ0n) is 16.2. The standard InChI is InChI=1S/C17H24F3N7S.HI/c1-3-12-11-26-14(28-12)6-8-22-15(21-4-2)24-9-10-25-16-23-7-5-13(27-16)17(18,19)20;/h5,7,11H,3-4,6,8-10H2,1-2H3,(H2,21,22,24)(H,23,25,27);1H. The van der Waals surface area contributed by atoms with Crippen molar-refractivity contribution in [3.05, 3.63) is 34.0 Å². The van der Waals surface area contributed by atoms with Gasteiger partial charge in [0.1, 0.15) is 5.69 Å². The first-order valence-corrected chi connectivity index (χ1v) is 9.84. The largest absolute Gasteiger partial charge is 0.433 e. The van der Waals surface area contributed by atoms with E-state index in [9.17, 15) is 13.2 Å². The van der Waals surface area contributed by atoms with Gasteiger partial charge < -0.3 is 16.0 Å². The van der Waals surface area contributed by atoms with Crippen molar-refractivity contribution in [3.8, 4) is 0 Å². The van der Waals surface area contributed by atoms with E-state index >= 15 is 0 Å². The molecule has 29 heavy (non-hydrogen) atoms. The maximum Gasteiger partial charge on any atom is 0.433 e. The van der Waals surface area contributed by atoms with E-state index in [1.165, 1.54) is 4.88 Å². The number of thiazole rings is 1. The van der Waals surface area contributed by atoms with Crippen LogP contribution >= 0.6 is 35.3 Å². The molecule has 2 aromatic rings. The molecule has 2 heterocycles. The third-order valence-corrected chi connectivity index (χ3v) is 4.74. The second kappa shape index (κ2) is 12.8. The molecule has 0 unspecified atom stereocenters. The molecule has 2 rings (SSSR count). The molecular weight excluding hydrogens is 518 g/mol. The van der Waals surface area contributed by atoms with Gasteiger partial charge in [-0.25, -0.2) is 15.0 Å². The molecule has 0 saturated heterocycles. The number of rotatable bonds is 9. The molecule has 0 aliphatic carbocycles. The van der Waals surface area contributed by atoms with Crippen LogP contribution in [0.25, 0.3) is 0 Å². The molecule has 0 amide bonds. The molecule has 0 aromatic carbocycles. The number of hydrogen-bond donors (Lipinski definition) is 3. The van der Waals surface area contributed by atoms with Gasteiger partial charge >= 0.3 is 6.18 Å². The fourth-order valence-electron chi connectivity index (χ4n) is 2.19. The van der Waals surface area contributed by atoms with E-state index in [2.05, 4.69) is 42.8 Å². The number of anilines is 1. The SMILES string of the molecule is CCNC(=NCCc1ncc(CC)s1)NCCNc1nccc(C(F)(F)F)n1.I. The van der Waals surface area contributed by atoms with Crippen molar-refractivity contribution in [1.29, 1.82) is 0 Å². The lowest BCUT2D eigenvalue weighted by Crippen LogP contribution is -2.39. The smallest absolute Gasteiger partial charge is 0.357 e. The van der Waals surface area contributed by atoms with E-state index in [4.69, 9.17) is 0 Å². The molecular formula is C17H25F3IN7S. The van der Waals surface area contributed by atoms with Crippen LogP contribution in [0.15, 0.2) is 23.5 Å². The summed E-state index contributed by atoms with van der Waals surface area (Å²) in [5.74, 6) is 0.579. The topological polar surface area (TPSA) is 87.1 Å². The van der Waals surface area contributed by atoms with Crippen LogP contribution in [-0.4, -0.2) is 47.1 Å². The Bertz CT molecular complexity index is 767. The van der Waals surface area contributed by atoms with Gasteiger partial charge in [-0.15, -0.1) is 35.3 Å². The molecule has 7 nitrogen and oxygen atoms in total. The van der Waals surface area contributed by atoms with Crippen molar-refractivity contribution in [2.75, 3.05) is 31.5 Å². The summed E-state index contributed by atoms with van der Waals surface area (Å²) in [6.45, 7) is 6.14. The minimum absolute atomic E-state index is 0. The van der Waals surface area contributed by atoms with Crippen molar-refractivity contribution >= 4 is 47.2 Å². The van der Waals surface area contributed by atoms with Crippen LogP contribution in [0, 0.1) is 0 Å². The highest BCUT2D eigenvalue weighted by atomic mass is 127. The van der Waals surface area contributed by atoms with Crippen molar-refractivity contribution in [2.45, 2.75) is 32.9 Å². The summed E-state index contributed by atoms with van der Waals surface area (Å²) in [5, 5.41) is 10.1. The Hall–Kier alpha value is -1.70. The van der Waals surface area contributed by atoms with Gasteiger partial charge in [-0.2, -0.15) is 13.2 Å². The second-order valence-corrected chi connectivity index (χ2v) is 6.90. The summed E-state index contributed by atoms with van der Waals surface area (Å²) in [6, 6.07) is 0.839. The Balaban J connectivity index is 0.00000420. The van der Waals surface area contributed by atoms with E-state index in [1.54, 1.807) is 11.3 Å². The van der Waals surface area contributed by atoms with Crippen LogP contribution < -0.4 is 16.0 Å². The van der Waals surface area contributed by atoms with Crippen LogP contribution in [0.2, 0.25) is 0 Å². The molecule has 0 bridgehead atoms. The lowest BCUT2D eigenvalue weighted by atomic mass is 10.4. The predicted molar refractivity (Wildman–Crippen MR) is 120 cm³/mol. The molecule has 0 fully saturated rings. The fraction of sp³-hybridized carbons (Fsp3) is 0.529. The molecule has 0 aliphatic heterocycles. The Kier molecular flexibility index (Phi) is 11.2. The molecule has 0 saturated carbocycles. The summed E-state index contributed by atoms with van der Waals surface area (Å²) in [7, 11) is 0. The predicted octanol–water partition coefficient (Wildman–Crippen LogP) is 3.34. The lowest BCUT2D eigenvalue weighted by Gasteiger charge is -2.12. The highest BCUT2D eigenvalue weighted by Crippen LogP contribution is 2.27. The number of aromatic nitrogens is 3. The van der Waals surface area contributed by atoms with Crippen LogP contribution in [0.4, 0.5) is 19.1 Å². The average Bonchev–Trinajstić information content (AvgIpc) is 3.13. The van der Waals surface area contributed by atoms with Crippen LogP contribution in [0.5, 0.6) is 0 Å². The van der Waals surface area contributed by atoms with E-state index < -0.39 is 11.9 Å². The fourth-order valence-corrected chi connectivity index (χ4v) is 3.04. The lowest BCUT2D eigenvalue weighted by molar-refractivity contribution is -0.141. The average molecular weight is 543 g/mol. The number of aliphatic imine (C=N–C) groups is 1. The van der Waals surface area contributed by atoms with Gasteiger partial charge in [0.2, 0.25) is 5.95 Å². The van der Waals surface area contributed by atoms with Crippen LogP contribution in [0.1, 0.15) is 29.4 Å². The zero-order chi connectivity index (χ0) is 20.4. The van der Waals surface area contributed by atoms with E-state index in [0.717, 1.165) is 30.1 Å². The number of hydrogen-bond acceptors (Lipinski definition) is 6. The second-order valence-electron chi connectivity index (χ2n) is 5.70. The first-order chi connectivity index (χ1) is 13.4. The van der Waals surface area contributed by atoms with Gasteiger partial charge in [0, 0.05) is 49.9 Å². The molecule has 12 heteroatoms. The molecule has 0 radical (unpaired) electrons. The monoisotopic (exact) mass is 543 g/mol. The van der Waals surface area contributed by atoms with Gasteiger partial charge in [-0.05, 0) is 19.4 Å².